The van der Waals surface area contributed by atoms with E-state index in [1.54, 1.807) is 31.4 Å². The van der Waals surface area contributed by atoms with Crippen molar-refractivity contribution in [1.82, 2.24) is 5.32 Å². The van der Waals surface area contributed by atoms with Crippen LogP contribution < -0.4 is 5.32 Å². The number of halogens is 1. The van der Waals surface area contributed by atoms with Crippen molar-refractivity contribution in [2.24, 2.45) is 0 Å². The van der Waals surface area contributed by atoms with Gasteiger partial charge in [-0.2, -0.15) is 0 Å². The van der Waals surface area contributed by atoms with Crippen LogP contribution in [0.5, 0.6) is 0 Å². The summed E-state index contributed by atoms with van der Waals surface area (Å²) >= 11 is 0. The largest absolute Gasteiger partial charge is 0.451 e. The van der Waals surface area contributed by atoms with Crippen LogP contribution in [-0.4, -0.2) is 26.2 Å². The summed E-state index contributed by atoms with van der Waals surface area (Å²) in [6.07, 6.45) is 0.744. The topological polar surface area (TPSA) is 51.5 Å². The van der Waals surface area contributed by atoms with Gasteiger partial charge in [0.25, 0.3) is 5.91 Å². The molecule has 0 bridgehead atoms. The minimum Gasteiger partial charge on any atom is -0.451 e. The molecule has 1 N–H and O–H groups in total. The first kappa shape index (κ1) is 14.3. The first-order valence-electron chi connectivity index (χ1n) is 6.33. The molecule has 0 radical (unpaired) electrons. The molecule has 1 aromatic carbocycles. The molecular formula is C15H16FNO3. The van der Waals surface area contributed by atoms with E-state index in [4.69, 9.17) is 9.15 Å². The van der Waals surface area contributed by atoms with Gasteiger partial charge in [-0.25, -0.2) is 4.39 Å². The van der Waals surface area contributed by atoms with Crippen LogP contribution in [0.4, 0.5) is 4.39 Å². The molecular weight excluding hydrogens is 261 g/mol. The second-order valence-electron chi connectivity index (χ2n) is 4.27. The Morgan fingerprint density at radius 1 is 1.25 bits per heavy atom. The Morgan fingerprint density at radius 3 is 2.70 bits per heavy atom. The molecule has 1 aromatic heterocycles. The van der Waals surface area contributed by atoms with Gasteiger partial charge in [0.1, 0.15) is 11.6 Å². The molecule has 0 saturated heterocycles. The molecule has 4 nitrogen and oxygen atoms in total. The number of benzene rings is 1. The second-order valence-corrected chi connectivity index (χ2v) is 4.27. The van der Waals surface area contributed by atoms with Crippen molar-refractivity contribution in [1.29, 1.82) is 0 Å². The predicted octanol–water partition coefficient (Wildman–Crippen LogP) is 2.85. The third-order valence-corrected chi connectivity index (χ3v) is 2.77. The maximum absolute atomic E-state index is 12.8. The second kappa shape index (κ2) is 6.86. The highest BCUT2D eigenvalue weighted by atomic mass is 19.1. The molecule has 0 aliphatic rings. The number of hydrogen-bond acceptors (Lipinski definition) is 3. The van der Waals surface area contributed by atoms with Crippen LogP contribution in [0, 0.1) is 5.82 Å². The van der Waals surface area contributed by atoms with Crippen molar-refractivity contribution in [3.63, 3.8) is 0 Å². The maximum Gasteiger partial charge on any atom is 0.287 e. The van der Waals surface area contributed by atoms with E-state index in [0.717, 1.165) is 12.0 Å². The molecule has 20 heavy (non-hydrogen) atoms. The van der Waals surface area contributed by atoms with Gasteiger partial charge in [0.2, 0.25) is 0 Å². The molecule has 2 aromatic rings. The van der Waals surface area contributed by atoms with Gasteiger partial charge in [-0.3, -0.25) is 4.79 Å². The standard InChI is InChI=1S/C15H16FNO3/c1-19-10-2-9-17-15(18)14-8-7-13(20-14)11-3-5-12(16)6-4-11/h3-8H,2,9-10H2,1H3,(H,17,18). The molecule has 0 aliphatic heterocycles. The molecule has 0 aliphatic carbocycles. The van der Waals surface area contributed by atoms with Crippen LogP contribution in [0.1, 0.15) is 17.0 Å². The van der Waals surface area contributed by atoms with Gasteiger partial charge in [0, 0.05) is 25.8 Å². The number of hydrogen-bond donors (Lipinski definition) is 1. The molecule has 0 atom stereocenters. The highest BCUT2D eigenvalue weighted by Crippen LogP contribution is 2.22. The summed E-state index contributed by atoms with van der Waals surface area (Å²) in [6.45, 7) is 1.12. The SMILES string of the molecule is COCCCNC(=O)c1ccc(-c2ccc(F)cc2)o1. The van der Waals surface area contributed by atoms with E-state index in [-0.39, 0.29) is 17.5 Å². The van der Waals surface area contributed by atoms with Gasteiger partial charge in [0.05, 0.1) is 0 Å². The number of carbonyl (C=O) groups excluding carboxylic acids is 1. The average molecular weight is 277 g/mol. The first-order chi connectivity index (χ1) is 9.70. The Kier molecular flexibility index (Phi) is 4.90. The van der Waals surface area contributed by atoms with Crippen LogP contribution in [0.2, 0.25) is 0 Å². The number of nitrogens with one attached hydrogen (secondary N) is 1. The number of furan rings is 1. The van der Waals surface area contributed by atoms with Crippen molar-refractivity contribution >= 4 is 5.91 Å². The Morgan fingerprint density at radius 2 is 2.00 bits per heavy atom. The molecule has 1 amide bonds. The van der Waals surface area contributed by atoms with Crippen LogP contribution in [0.15, 0.2) is 40.8 Å². The van der Waals surface area contributed by atoms with Crippen LogP contribution >= 0.6 is 0 Å². The van der Waals surface area contributed by atoms with E-state index in [2.05, 4.69) is 5.32 Å². The number of amides is 1. The normalized spacial score (nSPS) is 10.5. The highest BCUT2D eigenvalue weighted by Gasteiger charge is 2.11. The van der Waals surface area contributed by atoms with Gasteiger partial charge in [-0.15, -0.1) is 0 Å². The van der Waals surface area contributed by atoms with Crippen LogP contribution in [0.3, 0.4) is 0 Å². The lowest BCUT2D eigenvalue weighted by Crippen LogP contribution is -2.24. The smallest absolute Gasteiger partial charge is 0.287 e. The number of ether oxygens (including phenoxy) is 1. The van der Waals surface area contributed by atoms with Crippen molar-refractivity contribution in [3.8, 4) is 11.3 Å². The molecule has 1 heterocycles. The summed E-state index contributed by atoms with van der Waals surface area (Å²) in [5, 5.41) is 2.73. The average Bonchev–Trinajstić information content (AvgIpc) is 2.94. The molecule has 0 spiro atoms. The lowest BCUT2D eigenvalue weighted by atomic mass is 10.2. The summed E-state index contributed by atoms with van der Waals surface area (Å²) in [4.78, 5) is 11.8. The molecule has 5 heteroatoms. The molecule has 0 saturated carbocycles. The zero-order valence-corrected chi connectivity index (χ0v) is 11.2. The Hall–Kier alpha value is -2.14. The minimum absolute atomic E-state index is 0.238. The third-order valence-electron chi connectivity index (χ3n) is 2.77. The summed E-state index contributed by atoms with van der Waals surface area (Å²) in [5.74, 6) is 0.194. The molecule has 106 valence electrons. The fourth-order valence-electron chi connectivity index (χ4n) is 1.73. The lowest BCUT2D eigenvalue weighted by molar-refractivity contribution is 0.0922. The number of rotatable bonds is 6. The summed E-state index contributed by atoms with van der Waals surface area (Å²) < 4.78 is 23.2. The first-order valence-corrected chi connectivity index (χ1v) is 6.33. The Balaban J connectivity index is 1.98. The maximum atomic E-state index is 12.8. The fourth-order valence-corrected chi connectivity index (χ4v) is 1.73. The predicted molar refractivity (Wildman–Crippen MR) is 72.9 cm³/mol. The highest BCUT2D eigenvalue weighted by molar-refractivity contribution is 5.92. The van der Waals surface area contributed by atoms with Gasteiger partial charge in [-0.05, 0) is 42.8 Å². The summed E-state index contributed by atoms with van der Waals surface area (Å²) in [5.41, 5.74) is 0.727. The van der Waals surface area contributed by atoms with E-state index < -0.39 is 0 Å². The van der Waals surface area contributed by atoms with Crippen molar-refractivity contribution in [2.45, 2.75) is 6.42 Å². The van der Waals surface area contributed by atoms with Crippen LogP contribution in [0.25, 0.3) is 11.3 Å². The quantitative estimate of drug-likeness (QED) is 0.826. The zero-order chi connectivity index (χ0) is 14.4. The van der Waals surface area contributed by atoms with Gasteiger partial charge < -0.3 is 14.5 Å². The van der Waals surface area contributed by atoms with Crippen molar-refractivity contribution in [2.75, 3.05) is 20.3 Å². The lowest BCUT2D eigenvalue weighted by Gasteiger charge is -2.02. The molecule has 2 rings (SSSR count). The molecule has 0 fully saturated rings. The Labute approximate surface area is 116 Å². The number of methoxy groups -OCH3 is 1. The Bertz CT molecular complexity index is 563. The zero-order valence-electron chi connectivity index (χ0n) is 11.2. The van der Waals surface area contributed by atoms with Gasteiger partial charge >= 0.3 is 0 Å². The van der Waals surface area contributed by atoms with E-state index in [0.29, 0.717) is 18.9 Å². The monoisotopic (exact) mass is 277 g/mol. The van der Waals surface area contributed by atoms with Gasteiger partial charge in [-0.1, -0.05) is 0 Å². The van der Waals surface area contributed by atoms with E-state index in [1.165, 1.54) is 12.1 Å². The van der Waals surface area contributed by atoms with E-state index in [9.17, 15) is 9.18 Å². The molecule has 0 unspecified atom stereocenters. The van der Waals surface area contributed by atoms with Crippen molar-refractivity contribution in [3.05, 3.63) is 48.0 Å². The van der Waals surface area contributed by atoms with E-state index in [1.807, 2.05) is 0 Å². The van der Waals surface area contributed by atoms with Crippen LogP contribution in [-0.2, 0) is 4.74 Å². The third kappa shape index (κ3) is 3.68. The van der Waals surface area contributed by atoms with Crippen molar-refractivity contribution < 1.29 is 18.3 Å². The number of carbonyl (C=O) groups is 1. The summed E-state index contributed by atoms with van der Waals surface area (Å²) in [7, 11) is 1.61. The fraction of sp³-hybridized carbons (Fsp3) is 0.267. The van der Waals surface area contributed by atoms with E-state index >= 15 is 0 Å². The summed E-state index contributed by atoms with van der Waals surface area (Å²) in [6, 6.07) is 9.20. The minimum atomic E-state index is -0.309. The van der Waals surface area contributed by atoms with Gasteiger partial charge in [0.15, 0.2) is 5.76 Å².